The molecule has 0 unspecified atom stereocenters. The van der Waals surface area contributed by atoms with Crippen LogP contribution in [0.2, 0.25) is 0 Å². The highest BCUT2D eigenvalue weighted by atomic mass is 16.5. The molecule has 1 aromatic carbocycles. The Balaban J connectivity index is 2.30. The van der Waals surface area contributed by atoms with Crippen LogP contribution < -0.4 is 14.8 Å². The Morgan fingerprint density at radius 1 is 1.17 bits per heavy atom. The van der Waals surface area contributed by atoms with Crippen LogP contribution in [0, 0.1) is 5.41 Å². The van der Waals surface area contributed by atoms with E-state index in [1.807, 2.05) is 19.1 Å². The first-order valence-corrected chi connectivity index (χ1v) is 10.4. The van der Waals surface area contributed by atoms with Crippen molar-refractivity contribution in [3.05, 3.63) is 46.3 Å². The van der Waals surface area contributed by atoms with Gasteiger partial charge in [-0.2, -0.15) is 0 Å². The Morgan fingerprint density at radius 2 is 1.90 bits per heavy atom. The molecule has 2 aliphatic rings. The average Bonchev–Trinajstić information content (AvgIpc) is 2.70. The Hall–Kier alpha value is -2.76. The second kappa shape index (κ2) is 8.54. The van der Waals surface area contributed by atoms with E-state index in [0.29, 0.717) is 35.5 Å². The molecule has 0 fully saturated rings. The van der Waals surface area contributed by atoms with Crippen molar-refractivity contribution in [1.29, 1.82) is 0 Å². The minimum atomic E-state index is -0.566. The minimum absolute atomic E-state index is 0.0422. The van der Waals surface area contributed by atoms with Gasteiger partial charge in [-0.15, -0.1) is 0 Å². The smallest absolute Gasteiger partial charge is 0.336 e. The maximum Gasteiger partial charge on any atom is 0.336 e. The van der Waals surface area contributed by atoms with E-state index in [1.165, 1.54) is 0 Å². The number of ketones is 1. The summed E-state index contributed by atoms with van der Waals surface area (Å²) in [6, 6.07) is 5.46. The Labute approximate surface area is 178 Å². The van der Waals surface area contributed by atoms with Crippen LogP contribution in [0.3, 0.4) is 0 Å². The molecule has 0 aromatic heterocycles. The first kappa shape index (κ1) is 21.9. The van der Waals surface area contributed by atoms with Crippen LogP contribution in [-0.2, 0) is 14.3 Å². The summed E-state index contributed by atoms with van der Waals surface area (Å²) in [7, 11) is 3.18. The lowest BCUT2D eigenvalue weighted by Crippen LogP contribution is -2.39. The van der Waals surface area contributed by atoms with E-state index >= 15 is 0 Å². The van der Waals surface area contributed by atoms with Gasteiger partial charge in [0, 0.05) is 29.0 Å². The number of esters is 1. The quantitative estimate of drug-likeness (QED) is 0.703. The van der Waals surface area contributed by atoms with Crippen LogP contribution in [-0.4, -0.2) is 32.6 Å². The van der Waals surface area contributed by atoms with Crippen molar-refractivity contribution in [1.82, 2.24) is 5.32 Å². The summed E-state index contributed by atoms with van der Waals surface area (Å²) in [5, 5.41) is 3.41. The first-order chi connectivity index (χ1) is 14.3. The van der Waals surface area contributed by atoms with E-state index in [9.17, 15) is 9.59 Å². The Morgan fingerprint density at radius 3 is 2.50 bits per heavy atom. The Kier molecular flexibility index (Phi) is 6.25. The number of Topliss-reactive ketones (excluding diaryl/α,β-unsaturated/α-hetero) is 1. The number of carbonyl (C=O) groups excluding carboxylic acids is 2. The van der Waals surface area contributed by atoms with Crippen molar-refractivity contribution in [3.8, 4) is 11.5 Å². The summed E-state index contributed by atoms with van der Waals surface area (Å²) in [5.41, 5.74) is 3.35. The van der Waals surface area contributed by atoms with Gasteiger partial charge >= 0.3 is 5.97 Å². The third-order valence-corrected chi connectivity index (χ3v) is 5.72. The van der Waals surface area contributed by atoms with Crippen LogP contribution >= 0.6 is 0 Å². The molecule has 1 N–H and O–H groups in total. The number of hydrogen-bond donors (Lipinski definition) is 1. The highest BCUT2D eigenvalue weighted by molar-refractivity contribution is 6.04. The molecular formula is C24H31NO5. The molecule has 0 saturated carbocycles. The van der Waals surface area contributed by atoms with Crippen LogP contribution in [0.25, 0.3) is 0 Å². The van der Waals surface area contributed by atoms with E-state index < -0.39 is 11.9 Å². The Bertz CT molecular complexity index is 926. The molecule has 0 bridgehead atoms. The molecule has 0 amide bonds. The van der Waals surface area contributed by atoms with Crippen LogP contribution in [0.15, 0.2) is 40.7 Å². The lowest BCUT2D eigenvalue weighted by atomic mass is 9.68. The topological polar surface area (TPSA) is 73.9 Å². The predicted molar refractivity (Wildman–Crippen MR) is 114 cm³/mol. The van der Waals surface area contributed by atoms with Gasteiger partial charge in [0.25, 0.3) is 0 Å². The molecule has 30 heavy (non-hydrogen) atoms. The fraction of sp³-hybridized carbons (Fsp3) is 0.500. The van der Waals surface area contributed by atoms with Gasteiger partial charge in [0.2, 0.25) is 0 Å². The molecule has 0 saturated heterocycles. The van der Waals surface area contributed by atoms with Crippen molar-refractivity contribution in [3.63, 3.8) is 0 Å². The van der Waals surface area contributed by atoms with E-state index in [4.69, 9.17) is 14.2 Å². The lowest BCUT2D eigenvalue weighted by molar-refractivity contribution is -0.138. The maximum atomic E-state index is 13.4. The second-order valence-corrected chi connectivity index (χ2v) is 8.47. The summed E-state index contributed by atoms with van der Waals surface area (Å²) >= 11 is 0. The first-order valence-electron chi connectivity index (χ1n) is 10.4. The van der Waals surface area contributed by atoms with Crippen LogP contribution in [0.5, 0.6) is 11.5 Å². The van der Waals surface area contributed by atoms with Gasteiger partial charge in [0.1, 0.15) is 11.5 Å². The standard InChI is InChI=1S/C24H31NO5/c1-7-16-22(23(27)30-8-2)20(15-11-14(28-5)9-10-19(15)29-6)21-17(25-16)12-24(3,4)13-18(21)26/h9-11,20,25H,7-8,12-13H2,1-6H3/t20-/m1/s1. The van der Waals surface area contributed by atoms with Crippen molar-refractivity contribution in [2.75, 3.05) is 20.8 Å². The fourth-order valence-electron chi connectivity index (χ4n) is 4.45. The van der Waals surface area contributed by atoms with E-state index in [2.05, 4.69) is 19.2 Å². The maximum absolute atomic E-state index is 13.4. The third kappa shape index (κ3) is 3.95. The summed E-state index contributed by atoms with van der Waals surface area (Å²) < 4.78 is 16.5. The van der Waals surface area contributed by atoms with Gasteiger partial charge in [-0.05, 0) is 43.4 Å². The molecule has 1 aliphatic heterocycles. The zero-order valence-electron chi connectivity index (χ0n) is 18.7. The number of rotatable bonds is 6. The summed E-state index contributed by atoms with van der Waals surface area (Å²) in [4.78, 5) is 26.4. The van der Waals surface area contributed by atoms with Crippen molar-refractivity contribution < 1.29 is 23.8 Å². The number of benzene rings is 1. The average molecular weight is 414 g/mol. The van der Waals surface area contributed by atoms with Crippen molar-refractivity contribution in [2.24, 2.45) is 5.41 Å². The monoisotopic (exact) mass is 413 g/mol. The van der Waals surface area contributed by atoms with E-state index in [0.717, 1.165) is 23.4 Å². The largest absolute Gasteiger partial charge is 0.497 e. The van der Waals surface area contributed by atoms with Gasteiger partial charge in [-0.25, -0.2) is 4.79 Å². The summed E-state index contributed by atoms with van der Waals surface area (Å²) in [5.74, 6) is 0.297. The number of allylic oxidation sites excluding steroid dienone is 3. The number of carbonyl (C=O) groups is 2. The van der Waals surface area contributed by atoms with Crippen molar-refractivity contribution in [2.45, 2.75) is 52.9 Å². The second-order valence-electron chi connectivity index (χ2n) is 8.47. The van der Waals surface area contributed by atoms with Gasteiger partial charge < -0.3 is 19.5 Å². The number of nitrogens with one attached hydrogen (secondary N) is 1. The fourth-order valence-corrected chi connectivity index (χ4v) is 4.45. The molecule has 162 valence electrons. The summed E-state index contributed by atoms with van der Waals surface area (Å²) in [6.45, 7) is 8.21. The van der Waals surface area contributed by atoms with E-state index in [-0.39, 0.29) is 17.8 Å². The molecule has 3 rings (SSSR count). The summed E-state index contributed by atoms with van der Waals surface area (Å²) in [6.07, 6.45) is 1.77. The van der Waals surface area contributed by atoms with Gasteiger partial charge in [0.15, 0.2) is 5.78 Å². The molecule has 0 radical (unpaired) electrons. The zero-order valence-corrected chi connectivity index (χ0v) is 18.7. The lowest BCUT2D eigenvalue weighted by Gasteiger charge is -2.40. The van der Waals surface area contributed by atoms with Gasteiger partial charge in [0.05, 0.1) is 32.3 Å². The van der Waals surface area contributed by atoms with Gasteiger partial charge in [-0.1, -0.05) is 20.8 Å². The molecule has 6 nitrogen and oxygen atoms in total. The third-order valence-electron chi connectivity index (χ3n) is 5.72. The number of methoxy groups -OCH3 is 2. The normalized spacial score (nSPS) is 20.5. The molecule has 1 atom stereocenters. The highest BCUT2D eigenvalue weighted by Crippen LogP contribution is 2.49. The predicted octanol–water partition coefficient (Wildman–Crippen LogP) is 4.26. The molecule has 6 heteroatoms. The molecule has 0 spiro atoms. The van der Waals surface area contributed by atoms with E-state index in [1.54, 1.807) is 27.2 Å². The number of hydrogen-bond acceptors (Lipinski definition) is 6. The van der Waals surface area contributed by atoms with Crippen LogP contribution in [0.4, 0.5) is 0 Å². The van der Waals surface area contributed by atoms with Gasteiger partial charge in [-0.3, -0.25) is 4.79 Å². The number of dihydropyridines is 1. The molecule has 1 aromatic rings. The zero-order chi connectivity index (χ0) is 22.1. The van der Waals surface area contributed by atoms with Crippen LogP contribution in [0.1, 0.15) is 58.4 Å². The van der Waals surface area contributed by atoms with Crippen molar-refractivity contribution >= 4 is 11.8 Å². The highest BCUT2D eigenvalue weighted by Gasteiger charge is 2.44. The molecule has 1 heterocycles. The SMILES string of the molecule is CCOC(=O)C1=C(CC)NC2=C(C(=O)CC(C)(C)C2)[C@H]1c1cc(OC)ccc1OC. The minimum Gasteiger partial charge on any atom is -0.497 e. The molecular weight excluding hydrogens is 382 g/mol. The number of ether oxygens (including phenoxy) is 3. The molecule has 1 aliphatic carbocycles.